The van der Waals surface area contributed by atoms with E-state index in [1.165, 1.54) is 19.1 Å². The van der Waals surface area contributed by atoms with Crippen molar-refractivity contribution in [1.82, 2.24) is 16.0 Å². The number of urea groups is 1. The number of ketones is 4. The number of aliphatic hydroxyl groups excluding tert-OH is 1. The lowest BCUT2D eigenvalue weighted by atomic mass is 9.44. The first-order valence-electron chi connectivity index (χ1n) is 29.8. The first kappa shape index (κ1) is 64.6. The minimum Gasteiger partial charge on any atom is -0.445 e. The monoisotopic (exact) mass is 1160 g/mol. The van der Waals surface area contributed by atoms with E-state index in [9.17, 15) is 43.5 Å². The van der Waals surface area contributed by atoms with Crippen LogP contribution in [-0.4, -0.2) is 126 Å². The molecule has 83 heavy (non-hydrogen) atoms. The number of anilines is 1. The summed E-state index contributed by atoms with van der Waals surface area (Å²) >= 11 is 0. The van der Waals surface area contributed by atoms with Gasteiger partial charge in [-0.15, -0.1) is 5.92 Å². The fourth-order valence-electron chi connectivity index (χ4n) is 13.8. The van der Waals surface area contributed by atoms with E-state index in [0.29, 0.717) is 62.6 Å². The Labute approximate surface area is 485 Å². The SMILES string of the molecule is CCCC1O[C@@H]2C[C@H]3[C@@H]4C[C@H](F)C5=CC(=O)C=C[C@]5(C)[C@@]4(F)[C@@H](O)C[C@]3(C)[C@]2(C(=O)CNC(=O)OCc2ccc(NC(=O)[C@H](CCCNC(N)=O)CC(=O)[C@@H](NC(=O)[C@@H](N)CCCCCC(=O)COC3C#CCCCCC3)C(C)C)cc2)O1. The number of alkyl halides is 2. The molecule has 2 unspecified atom stereocenters. The molecule has 4 fully saturated rings. The van der Waals surface area contributed by atoms with Crippen LogP contribution in [0.3, 0.4) is 0 Å². The van der Waals surface area contributed by atoms with Crippen molar-refractivity contribution in [2.75, 3.05) is 25.0 Å². The van der Waals surface area contributed by atoms with Gasteiger partial charge in [-0.1, -0.05) is 77.5 Å². The molecular formula is C62H86F2N6O13. The summed E-state index contributed by atoms with van der Waals surface area (Å²) in [6.07, 6.45) is 5.91. The van der Waals surface area contributed by atoms with Gasteiger partial charge in [0.2, 0.25) is 11.8 Å². The zero-order chi connectivity index (χ0) is 60.3. The third-order valence-corrected chi connectivity index (χ3v) is 18.3. The third-order valence-electron chi connectivity index (χ3n) is 18.3. The molecule has 1 saturated heterocycles. The van der Waals surface area contributed by atoms with Crippen LogP contribution >= 0.6 is 0 Å². The lowest BCUT2D eigenvalue weighted by Crippen LogP contribution is -2.71. The molecule has 456 valence electrons. The Kier molecular flexibility index (Phi) is 22.0. The molecule has 6 aliphatic rings. The van der Waals surface area contributed by atoms with Crippen LogP contribution in [0, 0.1) is 46.3 Å². The van der Waals surface area contributed by atoms with E-state index in [0.717, 1.165) is 38.2 Å². The first-order valence-corrected chi connectivity index (χ1v) is 29.8. The van der Waals surface area contributed by atoms with E-state index < -0.39 is 119 Å². The van der Waals surface area contributed by atoms with Crippen molar-refractivity contribution >= 4 is 52.8 Å². The molecule has 0 aromatic heterocycles. The molecular weight excluding hydrogens is 1070 g/mol. The molecule has 0 bridgehead atoms. The zero-order valence-electron chi connectivity index (χ0n) is 48.7. The number of unbranched alkanes of at least 4 members (excludes halogenated alkanes) is 2. The Morgan fingerprint density at radius 1 is 0.952 bits per heavy atom. The van der Waals surface area contributed by atoms with Crippen LogP contribution in [0.2, 0.25) is 0 Å². The lowest BCUT2D eigenvalue weighted by molar-refractivity contribution is -0.233. The highest BCUT2D eigenvalue weighted by Crippen LogP contribution is 2.72. The van der Waals surface area contributed by atoms with Crippen LogP contribution in [0.4, 0.5) is 24.1 Å². The van der Waals surface area contributed by atoms with E-state index in [-0.39, 0.29) is 81.0 Å². The van der Waals surface area contributed by atoms with Crippen LogP contribution < -0.4 is 32.7 Å². The molecule has 14 atom stereocenters. The molecule has 1 aliphatic heterocycles. The number of primary amides is 1. The summed E-state index contributed by atoms with van der Waals surface area (Å²) in [5.74, 6) is 0.828. The van der Waals surface area contributed by atoms with Crippen LogP contribution in [0.5, 0.6) is 0 Å². The zero-order valence-corrected chi connectivity index (χ0v) is 48.7. The Hall–Kier alpha value is -5.92. The maximum atomic E-state index is 17.9. The number of nitrogens with one attached hydrogen (secondary N) is 4. The highest BCUT2D eigenvalue weighted by atomic mass is 19.1. The largest absolute Gasteiger partial charge is 0.445 e. The fourth-order valence-corrected chi connectivity index (χ4v) is 13.8. The van der Waals surface area contributed by atoms with Gasteiger partial charge in [-0.2, -0.15) is 0 Å². The summed E-state index contributed by atoms with van der Waals surface area (Å²) in [5.41, 5.74) is 5.42. The van der Waals surface area contributed by atoms with Crippen LogP contribution in [0.25, 0.3) is 0 Å². The summed E-state index contributed by atoms with van der Waals surface area (Å²) in [5, 5.41) is 22.6. The van der Waals surface area contributed by atoms with Gasteiger partial charge in [-0.25, -0.2) is 18.4 Å². The highest BCUT2D eigenvalue weighted by Gasteiger charge is 2.80. The minimum atomic E-state index is -2.38. The number of halogens is 2. The van der Waals surface area contributed by atoms with E-state index >= 15 is 8.78 Å². The van der Waals surface area contributed by atoms with Crippen molar-refractivity contribution in [3.63, 3.8) is 0 Å². The second-order valence-electron chi connectivity index (χ2n) is 24.3. The van der Waals surface area contributed by atoms with Crippen LogP contribution in [-0.2, 0) is 54.3 Å². The normalized spacial score (nSPS) is 30.7. The number of rotatable bonds is 28. The molecule has 1 aromatic carbocycles. The van der Waals surface area contributed by atoms with Gasteiger partial charge in [-0.05, 0) is 125 Å². The molecule has 0 radical (unpaired) electrons. The summed E-state index contributed by atoms with van der Waals surface area (Å²) in [6.45, 7) is 8.11. The van der Waals surface area contributed by atoms with Crippen molar-refractivity contribution in [3.05, 3.63) is 53.6 Å². The van der Waals surface area contributed by atoms with Crippen LogP contribution in [0.1, 0.15) is 156 Å². The van der Waals surface area contributed by atoms with Crippen molar-refractivity contribution in [2.45, 2.75) is 211 Å². The number of ether oxygens (including phenoxy) is 4. The maximum absolute atomic E-state index is 17.9. The van der Waals surface area contributed by atoms with Gasteiger partial charge in [0.15, 0.2) is 40.7 Å². The molecule has 0 spiro atoms. The summed E-state index contributed by atoms with van der Waals surface area (Å²) in [6, 6.07) is 3.78. The lowest BCUT2D eigenvalue weighted by Gasteiger charge is -2.63. The number of hydrogen-bond acceptors (Lipinski definition) is 14. The standard InChI is InChI=1S/C62H86F2N6O13/c1-6-16-53-82-52-32-44-45-31-47(63)46-30-41(71)26-27-59(46,4)61(45,64)50(74)33-60(44,5)62(52,83-53)51(75)34-68-58(79)81-35-38-22-24-40(25-23-38)69-55(76)39(17-15-28-67-57(66)78)29-49(73)54(37(2)3)70-56(77)48(65)21-14-10-11-18-42(72)36-80-43-19-12-8-7-9-13-20-43/h22-27,30,37,39,43-45,47-48,50,52-54,74H,6-12,14-19,21,28-29,31-36,65H2,1-5H3,(H,68,79)(H,69,76)(H,70,77)(H3,66,67,78)/t39-,43?,44+,45+,47+,48+,50+,52-,53?,54+,59+,60+,61+,62-/m1/s1. The number of Topliss-reactive ketones (excluding diaryl/α,β-unsaturated/α-hetero) is 3. The molecule has 21 heteroatoms. The molecule has 1 heterocycles. The van der Waals surface area contributed by atoms with E-state index in [4.69, 9.17) is 30.4 Å². The number of fused-ring (bicyclic) bond motifs is 7. The Morgan fingerprint density at radius 2 is 1.71 bits per heavy atom. The number of carbonyl (C=O) groups excluding carboxylic acids is 8. The smallest absolute Gasteiger partial charge is 0.407 e. The molecule has 3 saturated carbocycles. The van der Waals surface area contributed by atoms with Gasteiger partial charge >= 0.3 is 12.1 Å². The number of carbonyl (C=O) groups is 8. The third kappa shape index (κ3) is 14.6. The van der Waals surface area contributed by atoms with Crippen molar-refractivity contribution in [3.8, 4) is 11.8 Å². The van der Waals surface area contributed by atoms with Gasteiger partial charge < -0.3 is 56.8 Å². The van der Waals surface area contributed by atoms with Crippen LogP contribution in [0.15, 0.2) is 48.1 Å². The molecule has 5 amide bonds. The van der Waals surface area contributed by atoms with E-state index in [1.54, 1.807) is 45.0 Å². The summed E-state index contributed by atoms with van der Waals surface area (Å²) < 4.78 is 58.2. The molecule has 19 nitrogen and oxygen atoms in total. The summed E-state index contributed by atoms with van der Waals surface area (Å²) in [7, 11) is 0. The Bertz CT molecular complexity index is 2680. The predicted molar refractivity (Wildman–Crippen MR) is 303 cm³/mol. The number of hydrogen-bond donors (Lipinski definition) is 7. The highest BCUT2D eigenvalue weighted by molar-refractivity contribution is 6.01. The fraction of sp³-hybridized carbons (Fsp3) is 0.677. The quantitative estimate of drug-likeness (QED) is 0.0329. The first-order chi connectivity index (χ1) is 39.5. The van der Waals surface area contributed by atoms with Gasteiger partial charge in [0, 0.05) is 54.2 Å². The van der Waals surface area contributed by atoms with Crippen molar-refractivity contribution in [1.29, 1.82) is 0 Å². The average molecular weight is 1160 g/mol. The number of benzene rings is 1. The van der Waals surface area contributed by atoms with Gasteiger partial charge in [-0.3, -0.25) is 28.8 Å². The summed E-state index contributed by atoms with van der Waals surface area (Å²) in [4.78, 5) is 105. The number of nitrogens with two attached hydrogens (primary N) is 2. The number of alkyl carbamates (subject to hydrolysis) is 1. The molecule has 9 N–H and O–H groups in total. The number of amides is 5. The Balaban J connectivity index is 0.898. The molecule has 7 rings (SSSR count). The minimum absolute atomic E-state index is 0.0000580. The molecule has 5 aliphatic carbocycles. The Morgan fingerprint density at radius 3 is 2.43 bits per heavy atom. The molecule has 1 aromatic rings. The maximum Gasteiger partial charge on any atom is 0.407 e. The second-order valence-corrected chi connectivity index (χ2v) is 24.3. The topological polar surface area (TPSA) is 294 Å². The van der Waals surface area contributed by atoms with Gasteiger partial charge in [0.1, 0.15) is 25.5 Å². The van der Waals surface area contributed by atoms with Crippen molar-refractivity contribution < 1.29 is 71.2 Å². The van der Waals surface area contributed by atoms with Gasteiger partial charge in [0.25, 0.3) is 0 Å². The number of aliphatic hydroxyl groups is 1. The van der Waals surface area contributed by atoms with E-state index in [1.807, 2.05) is 6.92 Å². The van der Waals surface area contributed by atoms with Crippen molar-refractivity contribution in [2.24, 2.45) is 46.0 Å². The van der Waals surface area contributed by atoms with Gasteiger partial charge in [0.05, 0.1) is 30.8 Å². The number of allylic oxidation sites excluding steroid dienone is 4. The predicted octanol–water partition coefficient (Wildman–Crippen LogP) is 6.99. The second kappa shape index (κ2) is 28.3. The van der Waals surface area contributed by atoms with E-state index in [2.05, 4.69) is 33.1 Å². The average Bonchev–Trinajstić information content (AvgIpc) is 1.63.